The third kappa shape index (κ3) is 3.66. The van der Waals surface area contributed by atoms with Crippen LogP contribution in [0.4, 0.5) is 5.82 Å². The molecule has 0 radical (unpaired) electrons. The number of piperazine rings is 1. The summed E-state index contributed by atoms with van der Waals surface area (Å²) >= 11 is 3.47. The first-order valence-corrected chi connectivity index (χ1v) is 11.0. The van der Waals surface area contributed by atoms with Crippen LogP contribution in [0.25, 0.3) is 21.9 Å². The van der Waals surface area contributed by atoms with Gasteiger partial charge in [-0.25, -0.2) is 9.97 Å². The average molecular weight is 480 g/mol. The molecule has 158 valence electrons. The maximum absolute atomic E-state index is 12.3. The Bertz CT molecular complexity index is 1280. The summed E-state index contributed by atoms with van der Waals surface area (Å²) in [4.78, 5) is 29.2. The molecule has 5 rings (SSSR count). The fourth-order valence-corrected chi connectivity index (χ4v) is 4.76. The van der Waals surface area contributed by atoms with Gasteiger partial charge in [-0.3, -0.25) is 9.69 Å². The van der Waals surface area contributed by atoms with Crippen LogP contribution in [-0.4, -0.2) is 57.1 Å². The monoisotopic (exact) mass is 479 g/mol. The normalized spacial score (nSPS) is 16.1. The highest BCUT2D eigenvalue weighted by Gasteiger charge is 2.32. The molecule has 1 atom stereocenters. The lowest BCUT2D eigenvalue weighted by Gasteiger charge is -2.38. The number of rotatable bonds is 4. The first-order valence-electron chi connectivity index (χ1n) is 10.2. The van der Waals surface area contributed by atoms with Gasteiger partial charge in [-0.05, 0) is 31.2 Å². The summed E-state index contributed by atoms with van der Waals surface area (Å²) in [5, 5.41) is 11.0. The van der Waals surface area contributed by atoms with E-state index < -0.39 is 12.0 Å². The fourth-order valence-electron chi connectivity index (χ4n) is 4.40. The molecule has 0 amide bonds. The highest BCUT2D eigenvalue weighted by Crippen LogP contribution is 2.31. The Morgan fingerprint density at radius 1 is 1.10 bits per heavy atom. The lowest BCUT2D eigenvalue weighted by Crippen LogP contribution is -2.49. The molecular weight excluding hydrogens is 458 g/mol. The van der Waals surface area contributed by atoms with Crippen LogP contribution in [0.1, 0.15) is 17.3 Å². The van der Waals surface area contributed by atoms with Crippen molar-refractivity contribution in [2.45, 2.75) is 13.0 Å². The minimum absolute atomic E-state index is 0.633. The Hall–Kier alpha value is -2.97. The van der Waals surface area contributed by atoms with Crippen LogP contribution in [0.15, 0.2) is 53.1 Å². The second-order valence-corrected chi connectivity index (χ2v) is 8.73. The summed E-state index contributed by atoms with van der Waals surface area (Å²) in [7, 11) is 0. The maximum Gasteiger partial charge on any atom is 0.325 e. The predicted octanol–water partition coefficient (Wildman–Crippen LogP) is 4.13. The largest absolute Gasteiger partial charge is 0.480 e. The number of para-hydroxylation sites is 2. The van der Waals surface area contributed by atoms with E-state index in [1.807, 2.05) is 60.5 Å². The Kier molecular flexibility index (Phi) is 5.11. The van der Waals surface area contributed by atoms with E-state index in [9.17, 15) is 9.90 Å². The minimum atomic E-state index is -0.834. The topological polar surface area (TPSA) is 85.3 Å². The standard InChI is InChI=1S/C23H22BrN5O2/c1-14-22(27-19-5-3-2-4-18(19)26-14)29-10-8-28(9-11-29)21(23(30)31)17-13-25-20-12-15(24)6-7-16(17)20/h2-7,12-13,21,25H,8-11H2,1H3,(H,30,31)/t21-/m1/s1. The molecule has 8 heteroatoms. The number of hydrogen-bond donors (Lipinski definition) is 2. The number of hydrogen-bond acceptors (Lipinski definition) is 5. The molecule has 2 N–H and O–H groups in total. The quantitative estimate of drug-likeness (QED) is 0.457. The zero-order valence-corrected chi connectivity index (χ0v) is 18.6. The molecule has 4 aromatic rings. The number of anilines is 1. The van der Waals surface area contributed by atoms with Crippen molar-refractivity contribution >= 4 is 49.7 Å². The molecule has 31 heavy (non-hydrogen) atoms. The van der Waals surface area contributed by atoms with Gasteiger partial charge in [0.1, 0.15) is 6.04 Å². The van der Waals surface area contributed by atoms with Crippen molar-refractivity contribution in [1.82, 2.24) is 19.9 Å². The Morgan fingerprint density at radius 2 is 1.81 bits per heavy atom. The number of halogens is 1. The van der Waals surface area contributed by atoms with E-state index in [0.717, 1.165) is 43.5 Å². The number of aliphatic carboxylic acids is 1. The smallest absolute Gasteiger partial charge is 0.325 e. The van der Waals surface area contributed by atoms with Gasteiger partial charge in [0, 0.05) is 53.3 Å². The van der Waals surface area contributed by atoms with Crippen LogP contribution in [0.2, 0.25) is 0 Å². The number of aromatic nitrogens is 3. The first kappa shape index (κ1) is 20.0. The number of nitrogens with one attached hydrogen (secondary N) is 1. The van der Waals surface area contributed by atoms with Crippen molar-refractivity contribution in [2.75, 3.05) is 31.1 Å². The van der Waals surface area contributed by atoms with E-state index in [4.69, 9.17) is 9.97 Å². The summed E-state index contributed by atoms with van der Waals surface area (Å²) in [6, 6.07) is 13.0. The zero-order chi connectivity index (χ0) is 21.5. The van der Waals surface area contributed by atoms with Crippen molar-refractivity contribution in [2.24, 2.45) is 0 Å². The highest BCUT2D eigenvalue weighted by molar-refractivity contribution is 9.10. The van der Waals surface area contributed by atoms with Gasteiger partial charge < -0.3 is 15.0 Å². The van der Waals surface area contributed by atoms with Gasteiger partial charge in [0.25, 0.3) is 0 Å². The van der Waals surface area contributed by atoms with E-state index in [1.54, 1.807) is 0 Å². The lowest BCUT2D eigenvalue weighted by atomic mass is 10.0. The summed E-state index contributed by atoms with van der Waals surface area (Å²) in [6.07, 6.45) is 1.82. The van der Waals surface area contributed by atoms with Gasteiger partial charge in [0.05, 0.1) is 16.7 Å². The van der Waals surface area contributed by atoms with Crippen LogP contribution in [0.5, 0.6) is 0 Å². The van der Waals surface area contributed by atoms with Crippen LogP contribution in [0.3, 0.4) is 0 Å². The van der Waals surface area contributed by atoms with Gasteiger partial charge in [-0.1, -0.05) is 34.1 Å². The van der Waals surface area contributed by atoms with E-state index in [2.05, 4.69) is 25.8 Å². The molecule has 1 saturated heterocycles. The highest BCUT2D eigenvalue weighted by atomic mass is 79.9. The maximum atomic E-state index is 12.3. The van der Waals surface area contributed by atoms with E-state index in [1.165, 1.54) is 0 Å². The molecule has 1 fully saturated rings. The zero-order valence-electron chi connectivity index (χ0n) is 17.0. The lowest BCUT2D eigenvalue weighted by molar-refractivity contribution is -0.143. The second kappa shape index (κ2) is 7.94. The van der Waals surface area contributed by atoms with Crippen molar-refractivity contribution in [3.05, 3.63) is 64.4 Å². The number of H-pyrrole nitrogens is 1. The Balaban J connectivity index is 1.39. The van der Waals surface area contributed by atoms with Crippen molar-refractivity contribution in [1.29, 1.82) is 0 Å². The number of fused-ring (bicyclic) bond motifs is 2. The number of aryl methyl sites for hydroxylation is 1. The summed E-state index contributed by atoms with van der Waals surface area (Å²) in [6.45, 7) is 4.64. The third-order valence-electron chi connectivity index (χ3n) is 5.90. The molecule has 0 aliphatic carbocycles. The first-order chi connectivity index (χ1) is 15.0. The van der Waals surface area contributed by atoms with Crippen molar-refractivity contribution in [3.8, 4) is 0 Å². The molecule has 3 heterocycles. The SMILES string of the molecule is Cc1nc2ccccc2nc1N1CCN([C@@H](C(=O)O)c2c[nH]c3cc(Br)ccc23)CC1. The number of carboxylic acids is 1. The van der Waals surface area contributed by atoms with Crippen LogP contribution in [0, 0.1) is 6.92 Å². The van der Waals surface area contributed by atoms with E-state index >= 15 is 0 Å². The van der Waals surface area contributed by atoms with Crippen LogP contribution < -0.4 is 4.90 Å². The number of aromatic amines is 1. The number of carboxylic acid groups (broad SMARTS) is 1. The van der Waals surface area contributed by atoms with Gasteiger partial charge in [-0.2, -0.15) is 0 Å². The summed E-state index contributed by atoms with van der Waals surface area (Å²) < 4.78 is 0.959. The van der Waals surface area contributed by atoms with Crippen LogP contribution in [-0.2, 0) is 4.79 Å². The molecule has 2 aromatic carbocycles. The molecule has 7 nitrogen and oxygen atoms in total. The predicted molar refractivity (Wildman–Crippen MR) is 124 cm³/mol. The molecule has 0 unspecified atom stereocenters. The van der Waals surface area contributed by atoms with Gasteiger partial charge >= 0.3 is 5.97 Å². The summed E-state index contributed by atoms with van der Waals surface area (Å²) in [5.41, 5.74) is 4.38. The fraction of sp³-hybridized carbons (Fsp3) is 0.261. The second-order valence-electron chi connectivity index (χ2n) is 7.82. The van der Waals surface area contributed by atoms with Gasteiger partial charge in [-0.15, -0.1) is 0 Å². The van der Waals surface area contributed by atoms with E-state index in [-0.39, 0.29) is 0 Å². The number of nitrogens with zero attached hydrogens (tertiary/aromatic N) is 4. The van der Waals surface area contributed by atoms with E-state index in [0.29, 0.717) is 26.2 Å². The Morgan fingerprint density at radius 3 is 2.52 bits per heavy atom. The molecule has 0 saturated carbocycles. The molecule has 1 aliphatic heterocycles. The van der Waals surface area contributed by atoms with Gasteiger partial charge in [0.2, 0.25) is 0 Å². The number of benzene rings is 2. The van der Waals surface area contributed by atoms with Gasteiger partial charge in [0.15, 0.2) is 5.82 Å². The number of carbonyl (C=O) groups is 1. The molecule has 1 aliphatic rings. The molecule has 2 aromatic heterocycles. The Labute approximate surface area is 187 Å². The summed E-state index contributed by atoms with van der Waals surface area (Å²) in [5.74, 6) is 0.0427. The van der Waals surface area contributed by atoms with Crippen molar-refractivity contribution in [3.63, 3.8) is 0 Å². The molecule has 0 spiro atoms. The minimum Gasteiger partial charge on any atom is -0.480 e. The average Bonchev–Trinajstić information content (AvgIpc) is 3.16. The van der Waals surface area contributed by atoms with Crippen LogP contribution >= 0.6 is 15.9 Å². The van der Waals surface area contributed by atoms with Crippen molar-refractivity contribution < 1.29 is 9.90 Å². The molecular formula is C23H22BrN5O2. The molecule has 0 bridgehead atoms. The third-order valence-corrected chi connectivity index (χ3v) is 6.40.